The summed E-state index contributed by atoms with van der Waals surface area (Å²) in [6.45, 7) is 5.95. The fraction of sp³-hybridized carbons (Fsp3) is 0.625. The quantitative estimate of drug-likeness (QED) is 0.178. The SMILES string of the molecule is CC(=O)OCC(=O)[C@@]1(OCOCc2ccccc2)CC[C@H]2[C@@H]3CCC4=CC(=O)CC[C@]4(C)[C@H]3C(OC=O)C[C@@]21C. The van der Waals surface area contributed by atoms with Crippen LogP contribution in [0.3, 0.4) is 0 Å². The van der Waals surface area contributed by atoms with E-state index in [1.165, 1.54) is 6.92 Å². The molecule has 0 aromatic heterocycles. The topological polar surface area (TPSA) is 105 Å². The molecule has 3 saturated carbocycles. The molecular weight excluding hydrogens is 512 g/mol. The number of hydrogen-bond donors (Lipinski definition) is 0. The summed E-state index contributed by atoms with van der Waals surface area (Å²) >= 11 is 0. The molecule has 3 fully saturated rings. The predicted octanol–water partition coefficient (Wildman–Crippen LogP) is 4.73. The summed E-state index contributed by atoms with van der Waals surface area (Å²) in [5.41, 5.74) is -0.00449. The van der Waals surface area contributed by atoms with Crippen LogP contribution in [0.25, 0.3) is 0 Å². The van der Waals surface area contributed by atoms with Crippen molar-refractivity contribution in [2.24, 2.45) is 28.6 Å². The van der Waals surface area contributed by atoms with Crippen LogP contribution in [0, 0.1) is 28.6 Å². The first kappa shape index (κ1) is 28.7. The number of esters is 1. The summed E-state index contributed by atoms with van der Waals surface area (Å²) in [4.78, 5) is 49.7. The van der Waals surface area contributed by atoms with Gasteiger partial charge in [-0.3, -0.25) is 19.2 Å². The molecule has 0 spiro atoms. The molecule has 4 aliphatic carbocycles. The van der Waals surface area contributed by atoms with Crippen LogP contribution in [0.5, 0.6) is 0 Å². The summed E-state index contributed by atoms with van der Waals surface area (Å²) in [7, 11) is 0. The Hall–Kier alpha value is -2.84. The number of fused-ring (bicyclic) bond motifs is 5. The zero-order valence-corrected chi connectivity index (χ0v) is 23.7. The van der Waals surface area contributed by atoms with E-state index in [0.717, 1.165) is 36.8 Å². The normalized spacial score (nSPS) is 36.5. The monoisotopic (exact) mass is 552 g/mol. The number of hydrogen-bond acceptors (Lipinski definition) is 8. The Morgan fingerprint density at radius 3 is 2.58 bits per heavy atom. The van der Waals surface area contributed by atoms with Crippen LogP contribution in [-0.2, 0) is 44.7 Å². The van der Waals surface area contributed by atoms with Crippen LogP contribution < -0.4 is 0 Å². The molecule has 0 amide bonds. The first-order chi connectivity index (χ1) is 19.1. The third kappa shape index (κ3) is 4.83. The Kier molecular flexibility index (Phi) is 8.03. The lowest BCUT2D eigenvalue weighted by atomic mass is 9.45. The van der Waals surface area contributed by atoms with Crippen molar-refractivity contribution < 1.29 is 38.1 Å². The minimum atomic E-state index is -1.25. The van der Waals surface area contributed by atoms with Crippen molar-refractivity contribution >= 4 is 24.0 Å². The van der Waals surface area contributed by atoms with Crippen LogP contribution in [-0.4, -0.2) is 49.1 Å². The van der Waals surface area contributed by atoms with E-state index in [0.29, 0.717) is 32.3 Å². The van der Waals surface area contributed by atoms with Gasteiger partial charge in [-0.15, -0.1) is 0 Å². The van der Waals surface area contributed by atoms with Crippen molar-refractivity contribution in [3.63, 3.8) is 0 Å². The molecule has 5 rings (SSSR count). The van der Waals surface area contributed by atoms with Crippen LogP contribution in [0.2, 0.25) is 0 Å². The second-order valence-electron chi connectivity index (χ2n) is 12.4. The van der Waals surface area contributed by atoms with Crippen molar-refractivity contribution in [2.75, 3.05) is 13.4 Å². The summed E-state index contributed by atoms with van der Waals surface area (Å²) in [6, 6.07) is 9.73. The molecule has 0 bridgehead atoms. The van der Waals surface area contributed by atoms with Gasteiger partial charge in [-0.1, -0.05) is 49.8 Å². The fourth-order valence-electron chi connectivity index (χ4n) is 8.77. The second kappa shape index (κ2) is 11.2. The van der Waals surface area contributed by atoms with Crippen molar-refractivity contribution in [3.05, 3.63) is 47.5 Å². The third-order valence-corrected chi connectivity index (χ3v) is 10.6. The molecule has 216 valence electrons. The summed E-state index contributed by atoms with van der Waals surface area (Å²) in [5, 5.41) is 0. The Balaban J connectivity index is 1.46. The molecule has 4 aliphatic rings. The molecule has 8 heteroatoms. The van der Waals surface area contributed by atoms with Gasteiger partial charge in [0.15, 0.2) is 12.4 Å². The number of ether oxygens (including phenoxy) is 4. The van der Waals surface area contributed by atoms with Crippen molar-refractivity contribution in [1.29, 1.82) is 0 Å². The van der Waals surface area contributed by atoms with Crippen molar-refractivity contribution in [1.82, 2.24) is 0 Å². The first-order valence-corrected chi connectivity index (χ1v) is 14.4. The number of benzene rings is 1. The number of ketones is 2. The van der Waals surface area contributed by atoms with Gasteiger partial charge in [-0.2, -0.15) is 0 Å². The van der Waals surface area contributed by atoms with Crippen LogP contribution >= 0.6 is 0 Å². The van der Waals surface area contributed by atoms with E-state index in [9.17, 15) is 19.2 Å². The van der Waals surface area contributed by atoms with Gasteiger partial charge in [-0.05, 0) is 67.4 Å². The standard InChI is InChI=1S/C32H40O8/c1-21(34)38-18-28(36)32(40-20-37-17-22-7-5-4-6-8-22)14-12-26-25-10-9-23-15-24(35)11-13-30(23,2)29(25)27(39-19-33)16-31(26,32)3/h4-8,15,19,25-27,29H,9-14,16-18,20H2,1-3H3/t25-,26-,27?,29+,30-,31-,32-/m0/s1. The smallest absolute Gasteiger partial charge is 0.303 e. The van der Waals surface area contributed by atoms with E-state index in [1.54, 1.807) is 0 Å². The molecule has 0 heterocycles. The number of Topliss-reactive ketones (excluding diaryl/α,β-unsaturated/α-hetero) is 1. The highest BCUT2D eigenvalue weighted by Gasteiger charge is 2.70. The Labute approximate surface area is 235 Å². The fourth-order valence-corrected chi connectivity index (χ4v) is 8.77. The molecule has 7 atom stereocenters. The van der Waals surface area contributed by atoms with Gasteiger partial charge in [0.2, 0.25) is 5.78 Å². The van der Waals surface area contributed by atoms with Gasteiger partial charge in [0.25, 0.3) is 6.47 Å². The number of carbonyl (C=O) groups excluding carboxylic acids is 4. The predicted molar refractivity (Wildman–Crippen MR) is 145 cm³/mol. The highest BCUT2D eigenvalue weighted by molar-refractivity contribution is 5.92. The average Bonchev–Trinajstić information content (AvgIpc) is 3.23. The Morgan fingerprint density at radius 2 is 1.85 bits per heavy atom. The summed E-state index contributed by atoms with van der Waals surface area (Å²) in [6.07, 6.45) is 5.98. The largest absolute Gasteiger partial charge is 0.464 e. The summed E-state index contributed by atoms with van der Waals surface area (Å²) < 4.78 is 23.4. The first-order valence-electron chi connectivity index (χ1n) is 14.4. The molecule has 0 radical (unpaired) electrons. The van der Waals surface area contributed by atoms with E-state index < -0.39 is 23.1 Å². The molecule has 0 saturated heterocycles. The molecule has 1 aromatic rings. The van der Waals surface area contributed by atoms with E-state index >= 15 is 0 Å². The zero-order chi connectivity index (χ0) is 28.5. The highest BCUT2D eigenvalue weighted by Crippen LogP contribution is 2.68. The van der Waals surface area contributed by atoms with Crippen LogP contribution in [0.1, 0.15) is 71.3 Å². The highest BCUT2D eigenvalue weighted by atomic mass is 16.7. The van der Waals surface area contributed by atoms with Gasteiger partial charge >= 0.3 is 5.97 Å². The molecule has 40 heavy (non-hydrogen) atoms. The van der Waals surface area contributed by atoms with Crippen molar-refractivity contribution in [3.8, 4) is 0 Å². The minimum Gasteiger partial charge on any atom is -0.464 e. The lowest BCUT2D eigenvalue weighted by molar-refractivity contribution is -0.224. The van der Waals surface area contributed by atoms with E-state index in [4.69, 9.17) is 18.9 Å². The van der Waals surface area contributed by atoms with E-state index in [-0.39, 0.29) is 48.1 Å². The minimum absolute atomic E-state index is 0.0533. The van der Waals surface area contributed by atoms with Gasteiger partial charge < -0.3 is 18.9 Å². The van der Waals surface area contributed by atoms with Gasteiger partial charge in [0, 0.05) is 24.7 Å². The van der Waals surface area contributed by atoms with Crippen LogP contribution in [0.4, 0.5) is 0 Å². The molecule has 0 N–H and O–H groups in total. The zero-order valence-electron chi connectivity index (χ0n) is 23.7. The van der Waals surface area contributed by atoms with E-state index in [1.807, 2.05) is 36.4 Å². The number of rotatable bonds is 10. The number of carbonyl (C=O) groups is 4. The Bertz CT molecular complexity index is 1180. The van der Waals surface area contributed by atoms with Gasteiger partial charge in [-0.25, -0.2) is 0 Å². The maximum atomic E-state index is 13.9. The molecule has 1 unspecified atom stereocenters. The summed E-state index contributed by atoms with van der Waals surface area (Å²) in [5.74, 6) is -0.269. The third-order valence-electron chi connectivity index (χ3n) is 10.6. The molecular formula is C32H40O8. The van der Waals surface area contributed by atoms with Gasteiger partial charge in [0.1, 0.15) is 18.5 Å². The van der Waals surface area contributed by atoms with E-state index in [2.05, 4.69) is 13.8 Å². The maximum Gasteiger partial charge on any atom is 0.303 e. The van der Waals surface area contributed by atoms with Crippen molar-refractivity contribution in [2.45, 2.75) is 84.0 Å². The molecule has 1 aromatic carbocycles. The second-order valence-corrected chi connectivity index (χ2v) is 12.4. The average molecular weight is 553 g/mol. The lowest BCUT2D eigenvalue weighted by Gasteiger charge is -2.61. The molecule has 8 nitrogen and oxygen atoms in total. The number of allylic oxidation sites excluding steroid dienone is 1. The van der Waals surface area contributed by atoms with Gasteiger partial charge in [0.05, 0.1) is 6.61 Å². The lowest BCUT2D eigenvalue weighted by Crippen LogP contribution is -2.63. The van der Waals surface area contributed by atoms with Crippen LogP contribution in [0.15, 0.2) is 42.0 Å². The molecule has 0 aliphatic heterocycles. The maximum absolute atomic E-state index is 13.9. The Morgan fingerprint density at radius 1 is 1.07 bits per heavy atom.